The molecule has 1 aromatic heterocycles. The third-order valence-electron chi connectivity index (χ3n) is 12.3. The van der Waals surface area contributed by atoms with Gasteiger partial charge in [-0.3, -0.25) is 19.7 Å². The molecule has 7 rings (SSSR count). The Hall–Kier alpha value is -8.15. The molecule has 0 aliphatic rings. The van der Waals surface area contributed by atoms with Crippen LogP contribution in [0.4, 0.5) is 105 Å². The summed E-state index contributed by atoms with van der Waals surface area (Å²) in [6.07, 6.45) is -54.8. The van der Waals surface area contributed by atoms with Crippen molar-refractivity contribution in [2.75, 3.05) is 6.54 Å². The molecule has 0 saturated heterocycles. The van der Waals surface area contributed by atoms with E-state index in [-0.39, 0.29) is 18.0 Å². The van der Waals surface area contributed by atoms with Crippen LogP contribution < -0.4 is 26.4 Å². The molecule has 0 saturated carbocycles. The summed E-state index contributed by atoms with van der Waals surface area (Å²) in [5.74, 6) is -0.797. The van der Waals surface area contributed by atoms with E-state index in [2.05, 4.69) is 0 Å². The zero-order valence-electron chi connectivity index (χ0n) is 39.9. The predicted octanol–water partition coefficient (Wildman–Crippen LogP) is 13.7. The zero-order valence-corrected chi connectivity index (χ0v) is 39.9. The molecule has 6 aromatic carbocycles. The number of para-hydroxylation sites is 1. The predicted molar refractivity (Wildman–Crippen MR) is 241 cm³/mol. The summed E-state index contributed by atoms with van der Waals surface area (Å²) in [6, 6.07) is 10.5. The topological polar surface area (TPSA) is 81.2 Å². The van der Waals surface area contributed by atoms with E-state index < -0.39 is 212 Å². The Morgan fingerprint density at radius 3 is 0.939 bits per heavy atom. The fraction of sp³-hybridized carbons (Fsp3) is 0.196. The van der Waals surface area contributed by atoms with Crippen LogP contribution in [0.2, 0.25) is 0 Å². The summed E-state index contributed by atoms with van der Waals surface area (Å²) < 4.78 is 342. The number of hydrogen-bond donors (Lipinski definition) is 0. The van der Waals surface area contributed by atoms with E-state index in [9.17, 15) is 125 Å². The van der Waals surface area contributed by atoms with Gasteiger partial charge in [0.15, 0.2) is 0 Å². The largest absolute Gasteiger partial charge is 0.416 e. The lowest BCUT2D eigenvalue weighted by Crippen LogP contribution is -2.75. The van der Waals surface area contributed by atoms with Crippen molar-refractivity contribution in [3.05, 3.63) is 205 Å². The van der Waals surface area contributed by atoms with Crippen LogP contribution in [0.25, 0.3) is 10.9 Å². The molecule has 0 amide bonds. The fourth-order valence-corrected chi connectivity index (χ4v) is 8.80. The highest BCUT2D eigenvalue weighted by Gasteiger charge is 2.47. The Balaban J connectivity index is 0.000000357. The number of fused-ring (bicyclic) bond motifs is 1. The van der Waals surface area contributed by atoms with Crippen LogP contribution in [0, 0.1) is 10.1 Å². The number of rotatable bonds is 10. The molecule has 0 aliphatic heterocycles. The average Bonchev–Trinajstić information content (AvgIpc) is 2.76. The van der Waals surface area contributed by atoms with Gasteiger partial charge in [0.2, 0.25) is 17.8 Å². The number of pyridine rings is 1. The van der Waals surface area contributed by atoms with Crippen molar-refractivity contribution in [2.24, 2.45) is 0 Å². The van der Waals surface area contributed by atoms with Crippen molar-refractivity contribution in [3.63, 3.8) is 0 Å². The van der Waals surface area contributed by atoms with Gasteiger partial charge in [0.05, 0.1) is 44.5 Å². The van der Waals surface area contributed by atoms with Crippen molar-refractivity contribution in [1.29, 1.82) is 0 Å². The number of hydrogen-bond acceptors (Lipinski definition) is 4. The maximum atomic E-state index is 14.2. The minimum absolute atomic E-state index is 0.0653. The molecule has 31 heteroatoms. The van der Waals surface area contributed by atoms with Crippen molar-refractivity contribution in [2.45, 2.75) is 56.0 Å². The molecule has 0 atom stereocenters. The lowest BCUT2D eigenvalue weighted by molar-refractivity contribution is -0.659. The molecule has 0 bridgehead atoms. The number of alkyl halides is 24. The van der Waals surface area contributed by atoms with Gasteiger partial charge in [-0.2, -0.15) is 132 Å². The Morgan fingerprint density at radius 2 is 0.659 bits per heavy atom. The third kappa shape index (κ3) is 14.1. The zero-order chi connectivity index (χ0) is 61.7. The van der Waals surface area contributed by atoms with Crippen molar-refractivity contribution >= 4 is 50.5 Å². The summed E-state index contributed by atoms with van der Waals surface area (Å²) in [4.78, 5) is 34.9. The van der Waals surface area contributed by atoms with Crippen LogP contribution in [-0.2, 0) is 56.0 Å². The number of benzene rings is 6. The van der Waals surface area contributed by atoms with Gasteiger partial charge >= 0.3 is 49.4 Å². The van der Waals surface area contributed by atoms with Crippen molar-refractivity contribution in [3.8, 4) is 0 Å². The first kappa shape index (κ1) is 63.0. The number of halogens is 24. The average molecular weight is 1200 g/mol. The van der Waals surface area contributed by atoms with Gasteiger partial charge in [0, 0.05) is 28.0 Å². The highest BCUT2D eigenvalue weighted by atomic mass is 19.4. The van der Waals surface area contributed by atoms with Gasteiger partial charge in [-0.1, -0.05) is 91.0 Å². The summed E-state index contributed by atoms with van der Waals surface area (Å²) >= 11 is 0. The number of Topliss-reactive ketones (excluding diaryl/α,β-unsaturated/α-hetero) is 2. The van der Waals surface area contributed by atoms with Gasteiger partial charge in [-0.25, -0.2) is 0 Å². The molecule has 0 aliphatic carbocycles. The second kappa shape index (κ2) is 22.0. The first-order chi connectivity index (χ1) is 37.3. The monoisotopic (exact) mass is 1200 g/mol. The van der Waals surface area contributed by atoms with Gasteiger partial charge in [0.25, 0.3) is 18.0 Å². The van der Waals surface area contributed by atoms with E-state index in [0.29, 0.717) is 11.1 Å². The first-order valence-electron chi connectivity index (χ1n) is 22.3. The maximum absolute atomic E-state index is 14.2. The number of aromatic nitrogens is 1. The third-order valence-corrected chi connectivity index (χ3v) is 12.3. The number of ketones is 2. The molecule has 0 fully saturated rings. The molecule has 6 nitrogen and oxygen atoms in total. The van der Waals surface area contributed by atoms with Gasteiger partial charge in [0.1, 0.15) is 6.15 Å². The quantitative estimate of drug-likeness (QED) is 0.0341. The van der Waals surface area contributed by atoms with E-state index in [1.807, 2.05) is 18.2 Å². The molecule has 82 heavy (non-hydrogen) atoms. The normalized spacial score (nSPS) is 13.2. The molecule has 0 spiro atoms. The number of carbonyl (C=O) groups excluding carboxylic acids is 2. The van der Waals surface area contributed by atoms with E-state index >= 15 is 0 Å². The van der Waals surface area contributed by atoms with E-state index in [0.717, 1.165) is 5.39 Å². The summed E-state index contributed by atoms with van der Waals surface area (Å²) in [6.45, 7) is -0.873. The van der Waals surface area contributed by atoms with Crippen LogP contribution in [0.5, 0.6) is 0 Å². The Morgan fingerprint density at radius 1 is 0.378 bits per heavy atom. The van der Waals surface area contributed by atoms with Gasteiger partial charge in [-0.05, 0) is 36.4 Å². The Kier molecular flexibility index (Phi) is 16.9. The smallest absolute Gasteiger partial charge is 0.287 e. The molecule has 0 unspecified atom stereocenters. The minimum atomic E-state index is -6.13. The van der Waals surface area contributed by atoms with Gasteiger partial charge < -0.3 is 0 Å². The number of nitro groups is 1. The SMILES string of the molecule is FC(F)(F)c1cc([B-](c2cc(C(F)(F)F)cc(C(F)(F)F)c2)(c2cc(C(F)(F)F)cc(C(F)(F)F)c2)c2cc(C(F)(F)F)cc(C(F)(F)F)c2)cc(C(F)(F)F)c1.O=C(C[n+]1c(C(=O)C[N+](=O)[O-])ccc2ccccc21)c1ccccc1. The molecule has 0 N–H and O–H groups in total. The standard InChI is InChI=1S/C32H12BF24.C19H15N2O4/c34-25(35,36)13-1-14(26(37,38)39)6-21(5-13)33(22-7-15(27(40,41)42)2-16(8-22)28(43,44)45,23-9-17(29(46,47)48)3-18(10-23)30(49,50)51)24-11-19(31(52,53)54)4-20(12-24)32(55,56)57;22-18(15-7-2-1-3-8-15)12-20-16-9-5-4-6-14(16)10-11-17(20)19(23)13-21(24)25/h1-12H;1-11H,12-13H2/q-1;+1. The lowest BCUT2D eigenvalue weighted by Gasteiger charge is -2.46. The molecule has 7 aromatic rings. The number of carbonyl (C=O) groups is 2. The highest BCUT2D eigenvalue weighted by molar-refractivity contribution is 7.20. The summed E-state index contributed by atoms with van der Waals surface area (Å²) in [5.41, 5.74) is -28.8. The van der Waals surface area contributed by atoms with Crippen molar-refractivity contribution in [1.82, 2.24) is 0 Å². The molecule has 0 radical (unpaired) electrons. The van der Waals surface area contributed by atoms with E-state index in [1.54, 1.807) is 47.0 Å². The summed E-state index contributed by atoms with van der Waals surface area (Å²) in [5, 5.41) is 11.6. The van der Waals surface area contributed by atoms with Crippen LogP contribution in [0.3, 0.4) is 0 Å². The van der Waals surface area contributed by atoms with E-state index in [4.69, 9.17) is 0 Å². The molecular formula is C51H27BF24N2O4. The fourth-order valence-electron chi connectivity index (χ4n) is 8.80. The second-order valence-corrected chi connectivity index (χ2v) is 17.8. The molecule has 1 heterocycles. The van der Waals surface area contributed by atoms with Gasteiger partial charge in [-0.15, -0.1) is 0 Å². The van der Waals surface area contributed by atoms with Crippen LogP contribution in [0.1, 0.15) is 65.4 Å². The Labute approximate surface area is 442 Å². The van der Waals surface area contributed by atoms with Crippen LogP contribution in [0.15, 0.2) is 140 Å². The van der Waals surface area contributed by atoms with Crippen molar-refractivity contribution < 1.29 is 124 Å². The maximum Gasteiger partial charge on any atom is 0.416 e. The first-order valence-corrected chi connectivity index (χ1v) is 22.3. The van der Waals surface area contributed by atoms with Crippen LogP contribution >= 0.6 is 0 Å². The highest BCUT2D eigenvalue weighted by Crippen LogP contribution is 2.41. The Bertz CT molecular complexity index is 3120. The summed E-state index contributed by atoms with van der Waals surface area (Å²) in [7, 11) is 0. The second-order valence-electron chi connectivity index (χ2n) is 17.8. The molecular weight excluding hydrogens is 1170 g/mol. The molecule has 436 valence electrons. The van der Waals surface area contributed by atoms with E-state index in [1.165, 1.54) is 6.07 Å². The minimum Gasteiger partial charge on any atom is -0.287 e. The number of nitrogens with zero attached hydrogens (tertiary/aromatic N) is 2. The lowest BCUT2D eigenvalue weighted by atomic mass is 9.12. The van der Waals surface area contributed by atoms with Crippen LogP contribution in [-0.4, -0.2) is 29.2 Å².